The van der Waals surface area contributed by atoms with Crippen molar-refractivity contribution in [2.24, 2.45) is 0 Å². The molecule has 0 aliphatic carbocycles. The Morgan fingerprint density at radius 1 is 1.00 bits per heavy atom. The molecule has 2 heterocycles. The number of nitrogens with two attached hydrogens (primary N) is 1. The minimum absolute atomic E-state index is 0.492. The fourth-order valence-corrected chi connectivity index (χ4v) is 1.89. The highest BCUT2D eigenvalue weighted by Gasteiger charge is 2.05. The maximum atomic E-state index is 5.80. The van der Waals surface area contributed by atoms with Gasteiger partial charge in [-0.2, -0.15) is 0 Å². The molecule has 0 aliphatic rings. The van der Waals surface area contributed by atoms with Crippen molar-refractivity contribution in [2.75, 3.05) is 11.1 Å². The van der Waals surface area contributed by atoms with Crippen LogP contribution in [-0.2, 0) is 0 Å². The molecule has 104 valence electrons. The number of aryl methyl sites for hydroxylation is 1. The van der Waals surface area contributed by atoms with Crippen molar-refractivity contribution in [1.82, 2.24) is 19.9 Å². The molecule has 0 unspecified atom stereocenters. The molecule has 0 atom stereocenters. The Morgan fingerprint density at radius 2 is 1.90 bits per heavy atom. The van der Waals surface area contributed by atoms with Gasteiger partial charge >= 0.3 is 0 Å². The van der Waals surface area contributed by atoms with Gasteiger partial charge in [-0.25, -0.2) is 9.97 Å². The molecule has 0 aliphatic heterocycles. The first-order chi connectivity index (χ1) is 10.2. The van der Waals surface area contributed by atoms with E-state index in [1.807, 2.05) is 25.1 Å². The summed E-state index contributed by atoms with van der Waals surface area (Å²) < 4.78 is 0. The Labute approximate surface area is 122 Å². The van der Waals surface area contributed by atoms with Crippen LogP contribution in [0.15, 0.2) is 49.1 Å². The van der Waals surface area contributed by atoms with Crippen LogP contribution in [0.3, 0.4) is 0 Å². The van der Waals surface area contributed by atoms with Crippen LogP contribution < -0.4 is 11.1 Å². The molecule has 2 aromatic heterocycles. The zero-order chi connectivity index (χ0) is 14.7. The molecule has 3 N–H and O–H groups in total. The lowest BCUT2D eigenvalue weighted by Gasteiger charge is -2.09. The molecule has 0 spiro atoms. The van der Waals surface area contributed by atoms with Crippen molar-refractivity contribution in [3.63, 3.8) is 0 Å². The first kappa shape index (κ1) is 13.0. The summed E-state index contributed by atoms with van der Waals surface area (Å²) in [6.45, 7) is 1.99. The quantitative estimate of drug-likeness (QED) is 0.716. The van der Waals surface area contributed by atoms with Gasteiger partial charge in [-0.05, 0) is 30.7 Å². The molecule has 3 aromatic rings. The first-order valence-electron chi connectivity index (χ1n) is 6.45. The average molecular weight is 278 g/mol. The number of nitrogens with one attached hydrogen (secondary N) is 1. The molecule has 0 saturated carbocycles. The van der Waals surface area contributed by atoms with Crippen molar-refractivity contribution < 1.29 is 0 Å². The summed E-state index contributed by atoms with van der Waals surface area (Å²) in [5, 5.41) is 3.17. The second-order valence-electron chi connectivity index (χ2n) is 4.56. The largest absolute Gasteiger partial charge is 0.399 e. The number of anilines is 3. The van der Waals surface area contributed by atoms with Gasteiger partial charge in [0.2, 0.25) is 5.95 Å². The lowest BCUT2D eigenvalue weighted by Crippen LogP contribution is -2.00. The van der Waals surface area contributed by atoms with Crippen LogP contribution in [-0.4, -0.2) is 19.9 Å². The lowest BCUT2D eigenvalue weighted by atomic mass is 10.2. The van der Waals surface area contributed by atoms with Gasteiger partial charge in [-0.1, -0.05) is 6.07 Å². The number of hydrogen-bond acceptors (Lipinski definition) is 6. The van der Waals surface area contributed by atoms with Gasteiger partial charge in [0, 0.05) is 30.0 Å². The van der Waals surface area contributed by atoms with E-state index in [0.29, 0.717) is 23.0 Å². The molecule has 0 amide bonds. The van der Waals surface area contributed by atoms with Crippen molar-refractivity contribution in [3.8, 4) is 11.4 Å². The average Bonchev–Trinajstić information content (AvgIpc) is 2.52. The molecule has 3 rings (SSSR count). The van der Waals surface area contributed by atoms with Gasteiger partial charge in [0.1, 0.15) is 5.69 Å². The van der Waals surface area contributed by atoms with Crippen molar-refractivity contribution >= 4 is 17.3 Å². The Balaban J connectivity index is 1.92. The number of nitrogens with zero attached hydrogens (tertiary/aromatic N) is 4. The molecule has 1 aromatic carbocycles. The third kappa shape index (κ3) is 2.94. The summed E-state index contributed by atoms with van der Waals surface area (Å²) in [5.41, 5.74) is 9.85. The Hall–Kier alpha value is -3.02. The minimum Gasteiger partial charge on any atom is -0.399 e. The number of hydrogen-bond donors (Lipinski definition) is 2. The van der Waals surface area contributed by atoms with Gasteiger partial charge in [0.15, 0.2) is 0 Å². The zero-order valence-corrected chi connectivity index (χ0v) is 11.5. The molecule has 0 bridgehead atoms. The van der Waals surface area contributed by atoms with Crippen LogP contribution in [0.25, 0.3) is 11.4 Å². The molecule has 6 nitrogen and oxygen atoms in total. The molecule has 0 radical (unpaired) electrons. The molecule has 0 saturated heterocycles. The fourth-order valence-electron chi connectivity index (χ4n) is 1.89. The van der Waals surface area contributed by atoms with Gasteiger partial charge in [0.05, 0.1) is 11.9 Å². The van der Waals surface area contributed by atoms with E-state index in [1.165, 1.54) is 0 Å². The predicted molar refractivity (Wildman–Crippen MR) is 81.9 cm³/mol. The second kappa shape index (κ2) is 5.54. The van der Waals surface area contributed by atoms with Crippen LogP contribution in [0.2, 0.25) is 0 Å². The van der Waals surface area contributed by atoms with Crippen LogP contribution in [0.4, 0.5) is 17.3 Å². The normalized spacial score (nSPS) is 10.3. The maximum Gasteiger partial charge on any atom is 0.227 e. The number of aromatic nitrogens is 4. The van der Waals surface area contributed by atoms with E-state index < -0.39 is 0 Å². The summed E-state index contributed by atoms with van der Waals surface area (Å²) in [7, 11) is 0. The molecule has 21 heavy (non-hydrogen) atoms. The van der Waals surface area contributed by atoms with Crippen LogP contribution in [0.1, 0.15) is 5.56 Å². The topological polar surface area (TPSA) is 89.6 Å². The van der Waals surface area contributed by atoms with E-state index in [9.17, 15) is 0 Å². The highest BCUT2D eigenvalue weighted by molar-refractivity contribution is 5.65. The molecular formula is C15H14N6. The third-order valence-corrected chi connectivity index (χ3v) is 2.99. The summed E-state index contributed by atoms with van der Waals surface area (Å²) in [4.78, 5) is 16.9. The first-order valence-corrected chi connectivity index (χ1v) is 6.45. The zero-order valence-electron chi connectivity index (χ0n) is 11.5. The highest BCUT2D eigenvalue weighted by Crippen LogP contribution is 2.22. The van der Waals surface area contributed by atoms with Crippen molar-refractivity contribution in [1.29, 1.82) is 0 Å². The summed E-state index contributed by atoms with van der Waals surface area (Å²) >= 11 is 0. The molecule has 0 fully saturated rings. The summed E-state index contributed by atoms with van der Waals surface area (Å²) in [6, 6.07) is 7.45. The van der Waals surface area contributed by atoms with Crippen LogP contribution in [0.5, 0.6) is 0 Å². The third-order valence-electron chi connectivity index (χ3n) is 2.99. The monoisotopic (exact) mass is 278 g/mol. The standard InChI is InChI=1S/C15H14N6/c1-10-2-3-11(16)8-13(10)21-15-19-5-4-12(20-15)14-9-17-6-7-18-14/h2-9H,16H2,1H3,(H,19,20,21). The smallest absolute Gasteiger partial charge is 0.227 e. The van der Waals surface area contributed by atoms with Crippen molar-refractivity contribution in [2.45, 2.75) is 6.92 Å². The van der Waals surface area contributed by atoms with E-state index >= 15 is 0 Å². The fraction of sp³-hybridized carbons (Fsp3) is 0.0667. The Bertz CT molecular complexity index is 757. The summed E-state index contributed by atoms with van der Waals surface area (Å²) in [5.74, 6) is 0.492. The minimum atomic E-state index is 0.492. The lowest BCUT2D eigenvalue weighted by molar-refractivity contribution is 1.13. The summed E-state index contributed by atoms with van der Waals surface area (Å²) in [6.07, 6.45) is 6.60. The number of nitrogen functional groups attached to an aromatic ring is 1. The van der Waals surface area contributed by atoms with Crippen LogP contribution >= 0.6 is 0 Å². The molecule has 6 heteroatoms. The van der Waals surface area contributed by atoms with Gasteiger partial charge in [-0.15, -0.1) is 0 Å². The van der Waals surface area contributed by atoms with Crippen LogP contribution in [0, 0.1) is 6.92 Å². The predicted octanol–water partition coefficient (Wildman–Crippen LogP) is 2.57. The SMILES string of the molecule is Cc1ccc(N)cc1Nc1nccc(-c2cnccn2)n1. The molecular weight excluding hydrogens is 264 g/mol. The Morgan fingerprint density at radius 3 is 2.71 bits per heavy atom. The maximum absolute atomic E-state index is 5.80. The van der Waals surface area contributed by atoms with Gasteiger partial charge < -0.3 is 11.1 Å². The van der Waals surface area contributed by atoms with E-state index in [4.69, 9.17) is 5.73 Å². The van der Waals surface area contributed by atoms with E-state index in [-0.39, 0.29) is 0 Å². The number of benzene rings is 1. The number of rotatable bonds is 3. The van der Waals surface area contributed by atoms with E-state index in [2.05, 4.69) is 25.3 Å². The highest BCUT2D eigenvalue weighted by atomic mass is 15.1. The van der Waals surface area contributed by atoms with Crippen molar-refractivity contribution in [3.05, 3.63) is 54.6 Å². The van der Waals surface area contributed by atoms with Gasteiger partial charge in [-0.3, -0.25) is 9.97 Å². The van der Waals surface area contributed by atoms with Gasteiger partial charge in [0.25, 0.3) is 0 Å². The second-order valence-corrected chi connectivity index (χ2v) is 4.56. The van der Waals surface area contributed by atoms with E-state index in [0.717, 1.165) is 11.3 Å². The Kier molecular flexibility index (Phi) is 3.42. The van der Waals surface area contributed by atoms with E-state index in [1.54, 1.807) is 30.9 Å².